The van der Waals surface area contributed by atoms with Crippen molar-refractivity contribution in [1.29, 1.82) is 0 Å². The Morgan fingerprint density at radius 1 is 0.926 bits per heavy atom. The maximum Gasteiger partial charge on any atom is 0.251 e. The Balaban J connectivity index is 1.48. The Morgan fingerprint density at radius 2 is 1.70 bits per heavy atom. The van der Waals surface area contributed by atoms with Gasteiger partial charge in [0.1, 0.15) is 12.4 Å². The topological polar surface area (TPSA) is 64.1 Å². The van der Waals surface area contributed by atoms with Crippen molar-refractivity contribution in [1.82, 2.24) is 15.5 Å². The van der Waals surface area contributed by atoms with Crippen molar-refractivity contribution in [2.24, 2.45) is 0 Å². The number of ether oxygens (including phenoxy) is 1. The van der Waals surface area contributed by atoms with E-state index in [1.165, 1.54) is 18.2 Å². The van der Waals surface area contributed by atoms with Gasteiger partial charge < -0.3 is 10.1 Å². The van der Waals surface area contributed by atoms with Crippen LogP contribution in [0.15, 0.2) is 54.6 Å². The summed E-state index contributed by atoms with van der Waals surface area (Å²) in [6.45, 7) is 0.249. The SMILES string of the molecule is O=C(NCCOc1ccc(-c2ccc(F)cc2)nn1)c1ccc(F)c(F)c1. The van der Waals surface area contributed by atoms with Crippen LogP contribution in [-0.2, 0) is 0 Å². The lowest BCUT2D eigenvalue weighted by atomic mass is 10.1. The Morgan fingerprint density at radius 3 is 2.37 bits per heavy atom. The summed E-state index contributed by atoms with van der Waals surface area (Å²) < 4.78 is 44.2. The van der Waals surface area contributed by atoms with Gasteiger partial charge in [0.25, 0.3) is 5.91 Å². The summed E-state index contributed by atoms with van der Waals surface area (Å²) in [6, 6.07) is 12.0. The molecule has 0 aliphatic carbocycles. The predicted octanol–water partition coefficient (Wildman–Crippen LogP) is 3.37. The lowest BCUT2D eigenvalue weighted by Gasteiger charge is -2.07. The number of nitrogens with one attached hydrogen (secondary N) is 1. The lowest BCUT2D eigenvalue weighted by Crippen LogP contribution is -2.28. The van der Waals surface area contributed by atoms with Gasteiger partial charge in [-0.2, -0.15) is 0 Å². The van der Waals surface area contributed by atoms with Gasteiger partial charge in [-0.05, 0) is 48.5 Å². The van der Waals surface area contributed by atoms with Crippen molar-refractivity contribution in [2.45, 2.75) is 0 Å². The molecule has 2 aromatic carbocycles. The first-order valence-corrected chi connectivity index (χ1v) is 7.98. The molecule has 0 fully saturated rings. The monoisotopic (exact) mass is 373 g/mol. The molecule has 5 nitrogen and oxygen atoms in total. The van der Waals surface area contributed by atoms with E-state index >= 15 is 0 Å². The molecule has 1 aromatic heterocycles. The molecule has 138 valence electrons. The highest BCUT2D eigenvalue weighted by atomic mass is 19.2. The van der Waals surface area contributed by atoms with Gasteiger partial charge in [0.2, 0.25) is 5.88 Å². The van der Waals surface area contributed by atoms with Crippen molar-refractivity contribution in [2.75, 3.05) is 13.2 Å². The normalized spacial score (nSPS) is 10.5. The molecule has 0 atom stereocenters. The Labute approximate surface area is 152 Å². The minimum atomic E-state index is -1.09. The minimum absolute atomic E-state index is 0.0114. The van der Waals surface area contributed by atoms with Crippen LogP contribution < -0.4 is 10.1 Å². The van der Waals surface area contributed by atoms with Gasteiger partial charge in [0, 0.05) is 17.2 Å². The summed E-state index contributed by atoms with van der Waals surface area (Å²) in [5.74, 6) is -2.73. The maximum atomic E-state index is 13.1. The highest BCUT2D eigenvalue weighted by Gasteiger charge is 2.09. The van der Waals surface area contributed by atoms with Crippen LogP contribution >= 0.6 is 0 Å². The largest absolute Gasteiger partial charge is 0.475 e. The van der Waals surface area contributed by atoms with Crippen LogP contribution in [0.3, 0.4) is 0 Å². The molecule has 0 aliphatic rings. The summed E-state index contributed by atoms with van der Waals surface area (Å²) in [7, 11) is 0. The number of amides is 1. The van der Waals surface area contributed by atoms with Gasteiger partial charge in [-0.15, -0.1) is 10.2 Å². The van der Waals surface area contributed by atoms with E-state index in [-0.39, 0.29) is 30.4 Å². The summed E-state index contributed by atoms with van der Waals surface area (Å²) in [5, 5.41) is 10.4. The third kappa shape index (κ3) is 4.81. The van der Waals surface area contributed by atoms with Crippen molar-refractivity contribution < 1.29 is 22.7 Å². The molecule has 0 aliphatic heterocycles. The highest BCUT2D eigenvalue weighted by Crippen LogP contribution is 2.18. The molecule has 0 unspecified atom stereocenters. The molecule has 1 amide bonds. The fourth-order valence-corrected chi connectivity index (χ4v) is 2.23. The molecule has 3 rings (SSSR count). The van der Waals surface area contributed by atoms with Crippen LogP contribution in [-0.4, -0.2) is 29.3 Å². The summed E-state index contributed by atoms with van der Waals surface area (Å²) in [4.78, 5) is 11.8. The number of benzene rings is 2. The van der Waals surface area contributed by atoms with E-state index in [1.54, 1.807) is 24.3 Å². The van der Waals surface area contributed by atoms with E-state index in [0.29, 0.717) is 11.3 Å². The molecule has 0 saturated carbocycles. The van der Waals surface area contributed by atoms with Crippen LogP contribution in [0.4, 0.5) is 13.2 Å². The van der Waals surface area contributed by atoms with Crippen LogP contribution in [0.5, 0.6) is 5.88 Å². The number of carbonyl (C=O) groups is 1. The predicted molar refractivity (Wildman–Crippen MR) is 91.6 cm³/mol. The first kappa shape index (κ1) is 18.4. The van der Waals surface area contributed by atoms with Gasteiger partial charge in [-0.3, -0.25) is 4.79 Å². The zero-order valence-electron chi connectivity index (χ0n) is 14.0. The second-order valence-electron chi connectivity index (χ2n) is 5.50. The zero-order valence-corrected chi connectivity index (χ0v) is 14.0. The van der Waals surface area contributed by atoms with E-state index in [0.717, 1.165) is 12.1 Å². The first-order valence-electron chi connectivity index (χ1n) is 7.98. The van der Waals surface area contributed by atoms with E-state index in [1.807, 2.05) is 0 Å². The maximum absolute atomic E-state index is 13.1. The van der Waals surface area contributed by atoms with Gasteiger partial charge in [0.05, 0.1) is 12.2 Å². The van der Waals surface area contributed by atoms with Crippen molar-refractivity contribution in [3.8, 4) is 17.1 Å². The van der Waals surface area contributed by atoms with Gasteiger partial charge >= 0.3 is 0 Å². The van der Waals surface area contributed by atoms with Gasteiger partial charge in [-0.25, -0.2) is 13.2 Å². The van der Waals surface area contributed by atoms with E-state index in [4.69, 9.17) is 4.74 Å². The average molecular weight is 373 g/mol. The smallest absolute Gasteiger partial charge is 0.251 e. The fourth-order valence-electron chi connectivity index (χ4n) is 2.23. The van der Waals surface area contributed by atoms with E-state index in [9.17, 15) is 18.0 Å². The second kappa shape index (κ2) is 8.31. The number of nitrogens with zero attached hydrogens (tertiary/aromatic N) is 2. The van der Waals surface area contributed by atoms with E-state index in [2.05, 4.69) is 15.5 Å². The van der Waals surface area contributed by atoms with Gasteiger partial charge in [-0.1, -0.05) is 0 Å². The number of rotatable bonds is 6. The highest BCUT2D eigenvalue weighted by molar-refractivity contribution is 5.94. The number of aromatic nitrogens is 2. The summed E-state index contributed by atoms with van der Waals surface area (Å²) in [6.07, 6.45) is 0. The number of hydrogen-bond acceptors (Lipinski definition) is 4. The minimum Gasteiger partial charge on any atom is -0.475 e. The summed E-state index contributed by atoms with van der Waals surface area (Å²) >= 11 is 0. The Bertz CT molecular complexity index is 932. The lowest BCUT2D eigenvalue weighted by molar-refractivity contribution is 0.0946. The molecule has 1 heterocycles. The third-order valence-corrected chi connectivity index (χ3v) is 3.60. The molecule has 0 spiro atoms. The van der Waals surface area contributed by atoms with Crippen LogP contribution in [0.25, 0.3) is 11.3 Å². The molecule has 27 heavy (non-hydrogen) atoms. The van der Waals surface area contributed by atoms with Gasteiger partial charge in [0.15, 0.2) is 11.6 Å². The molecule has 0 saturated heterocycles. The average Bonchev–Trinajstić information content (AvgIpc) is 2.68. The Kier molecular flexibility index (Phi) is 5.65. The van der Waals surface area contributed by atoms with Crippen molar-refractivity contribution in [3.05, 3.63) is 77.6 Å². The third-order valence-electron chi connectivity index (χ3n) is 3.60. The van der Waals surface area contributed by atoms with Crippen molar-refractivity contribution in [3.63, 3.8) is 0 Å². The molecule has 3 aromatic rings. The van der Waals surface area contributed by atoms with Crippen LogP contribution in [0.1, 0.15) is 10.4 Å². The fraction of sp³-hybridized carbons (Fsp3) is 0.105. The van der Waals surface area contributed by atoms with Crippen LogP contribution in [0, 0.1) is 17.5 Å². The zero-order chi connectivity index (χ0) is 19.2. The standard InChI is InChI=1S/C19H14F3N3O2/c20-14-4-1-12(2-5-14)17-7-8-18(25-24-17)27-10-9-23-19(26)13-3-6-15(21)16(22)11-13/h1-8,11H,9-10H2,(H,23,26). The molecular weight excluding hydrogens is 359 g/mol. The number of carbonyl (C=O) groups excluding carboxylic acids is 1. The van der Waals surface area contributed by atoms with Crippen molar-refractivity contribution >= 4 is 5.91 Å². The quantitative estimate of drug-likeness (QED) is 0.673. The molecule has 1 N–H and O–H groups in total. The van der Waals surface area contributed by atoms with Crippen LogP contribution in [0.2, 0.25) is 0 Å². The van der Waals surface area contributed by atoms with E-state index < -0.39 is 17.5 Å². The molecular formula is C19H14F3N3O2. The first-order chi connectivity index (χ1) is 13.0. The molecule has 0 radical (unpaired) electrons. The number of hydrogen-bond donors (Lipinski definition) is 1. The second-order valence-corrected chi connectivity index (χ2v) is 5.50. The number of halogens is 3. The Hall–Kier alpha value is -3.42. The molecule has 0 bridgehead atoms. The summed E-state index contributed by atoms with van der Waals surface area (Å²) in [5.41, 5.74) is 1.29. The molecule has 8 heteroatoms.